The number of hydrogen-bond acceptors (Lipinski definition) is 9. The van der Waals surface area contributed by atoms with Crippen molar-refractivity contribution in [3.63, 3.8) is 0 Å². The molecule has 3 unspecified atom stereocenters. The summed E-state index contributed by atoms with van der Waals surface area (Å²) in [6.45, 7) is 3.97. The fraction of sp³-hybridized carbons (Fsp3) is 0.333. The number of aromatic amines is 1. The van der Waals surface area contributed by atoms with E-state index in [0.717, 1.165) is 0 Å². The van der Waals surface area contributed by atoms with Crippen LogP contribution in [-0.4, -0.2) is 64.3 Å². The maximum atomic E-state index is 13.4. The molecule has 2 aromatic carbocycles. The Balaban J connectivity index is 1.30. The van der Waals surface area contributed by atoms with Gasteiger partial charge in [-0.2, -0.15) is 0 Å². The molecule has 3 N–H and O–H groups in total. The van der Waals surface area contributed by atoms with Gasteiger partial charge >= 0.3 is 0 Å². The second kappa shape index (κ2) is 9.85. The van der Waals surface area contributed by atoms with Crippen LogP contribution in [-0.2, 0) is 20.8 Å². The van der Waals surface area contributed by atoms with Crippen molar-refractivity contribution in [2.24, 2.45) is 0 Å². The fourth-order valence-corrected chi connectivity index (χ4v) is 6.42. The number of nitrogens with one attached hydrogen (secondary N) is 3. The third-order valence-corrected chi connectivity index (χ3v) is 8.14. The Kier molecular flexibility index (Phi) is 6.57. The molecule has 3 heterocycles. The topological polar surface area (TPSA) is 176 Å². The van der Waals surface area contributed by atoms with Crippen molar-refractivity contribution in [1.29, 1.82) is 0 Å². The Labute approximate surface area is 220 Å². The van der Waals surface area contributed by atoms with Crippen molar-refractivity contribution in [1.82, 2.24) is 36.2 Å². The molecular weight excluding hydrogens is 512 g/mol. The molecule has 0 spiro atoms. The minimum absolute atomic E-state index is 0.0790. The van der Waals surface area contributed by atoms with Gasteiger partial charge in [0, 0.05) is 16.9 Å². The average Bonchev–Trinajstić information content (AvgIpc) is 3.50. The number of nitrogens with zero attached hydrogens (tertiary/aromatic N) is 5. The molecule has 2 saturated heterocycles. The highest BCUT2D eigenvalue weighted by Gasteiger charge is 2.63. The summed E-state index contributed by atoms with van der Waals surface area (Å²) in [5.74, 6) is -0.747. The third-order valence-electron chi connectivity index (χ3n) is 6.57. The van der Waals surface area contributed by atoms with Crippen LogP contribution in [0.3, 0.4) is 0 Å². The Bertz CT molecular complexity index is 1370. The number of carbonyl (C=O) groups excluding carboxylic acids is 3. The zero-order valence-corrected chi connectivity index (χ0v) is 21.2. The molecular formula is C24H24N8O5S. The van der Waals surface area contributed by atoms with Gasteiger partial charge in [0.15, 0.2) is 5.82 Å². The first-order valence-corrected chi connectivity index (χ1v) is 12.7. The van der Waals surface area contributed by atoms with Crippen LogP contribution in [0.1, 0.15) is 42.9 Å². The summed E-state index contributed by atoms with van der Waals surface area (Å²) in [5.41, 5.74) is 1.03. The highest BCUT2D eigenvalue weighted by atomic mass is 32.2. The maximum Gasteiger partial charge on any atom is 0.269 e. The van der Waals surface area contributed by atoms with Gasteiger partial charge in [-0.05, 0) is 35.4 Å². The second-order valence-corrected chi connectivity index (χ2v) is 11.3. The first kappa shape index (κ1) is 25.3. The minimum Gasteiger partial charge on any atom is -0.340 e. The molecule has 0 bridgehead atoms. The monoisotopic (exact) mass is 536 g/mol. The first-order chi connectivity index (χ1) is 18.2. The van der Waals surface area contributed by atoms with Crippen molar-refractivity contribution in [2.45, 2.75) is 48.5 Å². The molecule has 38 heavy (non-hydrogen) atoms. The van der Waals surface area contributed by atoms with E-state index in [1.165, 1.54) is 24.3 Å². The van der Waals surface area contributed by atoms with Gasteiger partial charge in [-0.15, -0.1) is 16.9 Å². The molecule has 196 valence electrons. The zero-order chi connectivity index (χ0) is 27.0. The number of H-pyrrole nitrogens is 1. The van der Waals surface area contributed by atoms with Crippen molar-refractivity contribution < 1.29 is 19.3 Å². The van der Waals surface area contributed by atoms with Crippen LogP contribution in [0.15, 0.2) is 54.6 Å². The number of β-lactam (4-membered cyclic amide) rings is 1. The second-order valence-electron chi connectivity index (χ2n) is 9.54. The SMILES string of the molecule is CC1(C)S[C@H]2C(NC(=O)C(NC(=O)Cc3ccc([N+](=O)[O-])cc3)c3ccccc3)C(=O)N2C1c1nnn[nH]1. The first-order valence-electron chi connectivity index (χ1n) is 11.8. The number of amides is 3. The fourth-order valence-electron chi connectivity index (χ4n) is 4.79. The number of aromatic nitrogens is 4. The number of non-ortho nitro benzene ring substituents is 1. The molecule has 0 saturated carbocycles. The largest absolute Gasteiger partial charge is 0.340 e. The Hall–Kier alpha value is -4.33. The quantitative estimate of drug-likeness (QED) is 0.218. The van der Waals surface area contributed by atoms with Crippen molar-refractivity contribution in [2.75, 3.05) is 0 Å². The molecule has 5 rings (SSSR count). The predicted molar refractivity (Wildman–Crippen MR) is 135 cm³/mol. The molecule has 2 aliphatic rings. The van der Waals surface area contributed by atoms with Crippen LogP contribution >= 0.6 is 11.8 Å². The molecule has 13 nitrogen and oxygen atoms in total. The van der Waals surface area contributed by atoms with Gasteiger partial charge < -0.3 is 15.5 Å². The Morgan fingerprint density at radius 1 is 1.18 bits per heavy atom. The lowest BCUT2D eigenvalue weighted by Gasteiger charge is -2.44. The van der Waals surface area contributed by atoms with E-state index in [9.17, 15) is 24.5 Å². The van der Waals surface area contributed by atoms with E-state index in [0.29, 0.717) is 17.0 Å². The lowest BCUT2D eigenvalue weighted by molar-refractivity contribution is -0.384. The van der Waals surface area contributed by atoms with E-state index in [4.69, 9.17) is 0 Å². The number of carbonyl (C=O) groups is 3. The Morgan fingerprint density at radius 3 is 2.53 bits per heavy atom. The molecule has 0 aliphatic carbocycles. The van der Waals surface area contributed by atoms with Crippen LogP contribution < -0.4 is 10.6 Å². The molecule has 1 aromatic heterocycles. The van der Waals surface area contributed by atoms with Gasteiger partial charge in [0.2, 0.25) is 17.7 Å². The number of thioether (sulfide) groups is 1. The smallest absolute Gasteiger partial charge is 0.269 e. The van der Waals surface area contributed by atoms with Gasteiger partial charge in [-0.1, -0.05) is 42.5 Å². The average molecular weight is 537 g/mol. The van der Waals surface area contributed by atoms with E-state index in [-0.39, 0.29) is 29.4 Å². The zero-order valence-electron chi connectivity index (χ0n) is 20.4. The molecule has 2 aliphatic heterocycles. The number of rotatable bonds is 8. The summed E-state index contributed by atoms with van der Waals surface area (Å²) < 4.78 is -0.404. The molecule has 2 fully saturated rings. The van der Waals surface area contributed by atoms with Gasteiger partial charge in [-0.25, -0.2) is 5.10 Å². The van der Waals surface area contributed by atoms with E-state index in [1.54, 1.807) is 47.0 Å². The summed E-state index contributed by atoms with van der Waals surface area (Å²) in [4.78, 5) is 51.5. The number of hydrogen-bond donors (Lipinski definition) is 3. The van der Waals surface area contributed by atoms with Crippen LogP contribution in [0.25, 0.3) is 0 Å². The molecule has 3 amide bonds. The van der Waals surface area contributed by atoms with E-state index >= 15 is 0 Å². The van der Waals surface area contributed by atoms with Gasteiger partial charge in [0.25, 0.3) is 5.69 Å². The predicted octanol–water partition coefficient (Wildman–Crippen LogP) is 1.43. The molecule has 3 aromatic rings. The Morgan fingerprint density at radius 2 is 1.89 bits per heavy atom. The van der Waals surface area contributed by atoms with Crippen molar-refractivity contribution in [3.8, 4) is 0 Å². The highest BCUT2D eigenvalue weighted by Crippen LogP contribution is 2.56. The molecule has 0 radical (unpaired) electrons. The number of benzene rings is 2. The molecule has 4 atom stereocenters. The summed E-state index contributed by atoms with van der Waals surface area (Å²) in [5, 5.41) is 30.1. The summed E-state index contributed by atoms with van der Waals surface area (Å²) in [7, 11) is 0. The van der Waals surface area contributed by atoms with Gasteiger partial charge in [-0.3, -0.25) is 24.5 Å². The van der Waals surface area contributed by atoms with Gasteiger partial charge in [0.05, 0.1) is 11.3 Å². The van der Waals surface area contributed by atoms with Crippen LogP contribution in [0, 0.1) is 10.1 Å². The summed E-state index contributed by atoms with van der Waals surface area (Å²) in [6.07, 6.45) is -0.0791. The van der Waals surface area contributed by atoms with E-state index in [1.807, 2.05) is 13.8 Å². The standard InChI is InChI=1S/C24H24N8O5S/c1-24(2)19(20-27-29-30-28-20)31-22(35)18(23(31)38-24)26-21(34)17(14-6-4-3-5-7-14)25-16(33)12-13-8-10-15(11-9-13)32(36)37/h3-11,17-19,23H,12H2,1-2H3,(H,25,33)(H,26,34)(H,27,28,29,30)/t17?,18?,19?,23-/m0/s1. The van der Waals surface area contributed by atoms with E-state index < -0.39 is 33.6 Å². The van der Waals surface area contributed by atoms with E-state index in [2.05, 4.69) is 31.3 Å². The third kappa shape index (κ3) is 4.69. The lowest BCUT2D eigenvalue weighted by Crippen LogP contribution is -2.68. The number of nitro groups is 1. The maximum absolute atomic E-state index is 13.4. The van der Waals surface area contributed by atoms with Crippen LogP contribution in [0.5, 0.6) is 0 Å². The minimum atomic E-state index is -1.04. The van der Waals surface area contributed by atoms with Crippen molar-refractivity contribution >= 4 is 35.2 Å². The van der Waals surface area contributed by atoms with Crippen LogP contribution in [0.2, 0.25) is 0 Å². The van der Waals surface area contributed by atoms with Gasteiger partial charge in [0.1, 0.15) is 23.5 Å². The summed E-state index contributed by atoms with van der Waals surface area (Å²) >= 11 is 1.54. The number of fused-ring (bicyclic) bond motifs is 1. The normalized spacial score (nSPS) is 22.2. The highest BCUT2D eigenvalue weighted by molar-refractivity contribution is 8.01. The van der Waals surface area contributed by atoms with Crippen LogP contribution in [0.4, 0.5) is 5.69 Å². The summed E-state index contributed by atoms with van der Waals surface area (Å²) in [6, 6.07) is 12.2. The molecule has 14 heteroatoms. The lowest BCUT2D eigenvalue weighted by atomic mass is 9.95. The van der Waals surface area contributed by atoms with Crippen molar-refractivity contribution in [3.05, 3.63) is 81.7 Å². The number of nitro benzene ring substituents is 1. The number of tetrazole rings is 1.